The highest BCUT2D eigenvalue weighted by molar-refractivity contribution is 5.75. The van der Waals surface area contributed by atoms with Crippen molar-refractivity contribution < 1.29 is 46.1 Å². The highest BCUT2D eigenvalue weighted by Crippen LogP contribution is 2.38. The van der Waals surface area contributed by atoms with Crippen LogP contribution < -0.4 is 9.47 Å². The van der Waals surface area contributed by atoms with E-state index in [1.54, 1.807) is 0 Å². The average molecular weight is 420 g/mol. The molecule has 0 saturated heterocycles. The number of carbonyl (C=O) groups is 2. The van der Waals surface area contributed by atoms with E-state index >= 15 is 0 Å². The predicted molar refractivity (Wildman–Crippen MR) is 92.5 cm³/mol. The summed E-state index contributed by atoms with van der Waals surface area (Å²) in [5, 5.41) is 7.91. The van der Waals surface area contributed by atoms with E-state index in [-0.39, 0.29) is 17.1 Å². The minimum Gasteiger partial charge on any atom is -0.481 e. The van der Waals surface area contributed by atoms with Crippen LogP contribution in [0.4, 0.5) is 22.0 Å². The van der Waals surface area contributed by atoms with Gasteiger partial charge >= 0.3 is 18.8 Å². The summed E-state index contributed by atoms with van der Waals surface area (Å²) in [6, 6.07) is 7.63. The van der Waals surface area contributed by atoms with E-state index in [2.05, 4.69) is 4.74 Å². The fourth-order valence-corrected chi connectivity index (χ4v) is 1.95. The van der Waals surface area contributed by atoms with E-state index in [0.29, 0.717) is 24.8 Å². The maximum atomic E-state index is 12.6. The van der Waals surface area contributed by atoms with Crippen LogP contribution in [0.1, 0.15) is 35.7 Å². The van der Waals surface area contributed by atoms with E-state index in [0.717, 1.165) is 12.5 Å². The molecule has 0 bridgehead atoms. The molecule has 158 valence electrons. The normalized spacial score (nSPS) is 10.7. The van der Waals surface area contributed by atoms with Crippen LogP contribution in [0, 0.1) is 0 Å². The molecule has 29 heavy (non-hydrogen) atoms. The lowest BCUT2D eigenvalue weighted by molar-refractivity contribution is -0.138. The molecule has 0 saturated carbocycles. The Bertz CT molecular complexity index is 821. The van der Waals surface area contributed by atoms with Crippen molar-refractivity contribution >= 4 is 12.3 Å². The van der Waals surface area contributed by atoms with Gasteiger partial charge in [-0.3, -0.25) is 9.59 Å². The monoisotopic (exact) mass is 420 g/mol. The summed E-state index contributed by atoms with van der Waals surface area (Å²) in [4.78, 5) is 20.3. The molecule has 0 fully saturated rings. The summed E-state index contributed by atoms with van der Waals surface area (Å²) < 4.78 is 72.0. The van der Waals surface area contributed by atoms with Crippen LogP contribution in [0.2, 0.25) is 0 Å². The van der Waals surface area contributed by atoms with Crippen LogP contribution in [0.25, 0.3) is 0 Å². The molecule has 0 spiro atoms. The lowest BCUT2D eigenvalue weighted by atomic mass is 10.2. The first-order chi connectivity index (χ1) is 13.6. The highest BCUT2D eigenvalue weighted by Gasteiger charge is 2.32. The third-order valence-corrected chi connectivity index (χ3v) is 3.17. The summed E-state index contributed by atoms with van der Waals surface area (Å²) in [5.41, 5.74) is -0.895. The average Bonchev–Trinajstić information content (AvgIpc) is 2.62. The standard InChI is InChI=1S/C15H9F5O3.C4H8O2/c16-14(17)23-13-7-10(15(18,19)20)4-5-12(13)22-11-3-1-2-9(6-11)8-21;1-2-3-4(5)6/h1-8,14H;2-3H2,1H3,(H,5,6). The van der Waals surface area contributed by atoms with Gasteiger partial charge in [-0.15, -0.1) is 0 Å². The summed E-state index contributed by atoms with van der Waals surface area (Å²) in [6.07, 6.45) is -3.15. The lowest BCUT2D eigenvalue weighted by Gasteiger charge is -2.14. The van der Waals surface area contributed by atoms with Gasteiger partial charge in [0.05, 0.1) is 5.56 Å². The molecule has 0 aromatic heterocycles. The van der Waals surface area contributed by atoms with Gasteiger partial charge in [-0.2, -0.15) is 22.0 Å². The van der Waals surface area contributed by atoms with Gasteiger partial charge in [0.25, 0.3) is 0 Å². The Morgan fingerprint density at radius 2 is 1.83 bits per heavy atom. The van der Waals surface area contributed by atoms with Crippen molar-refractivity contribution in [3.8, 4) is 17.2 Å². The molecule has 0 heterocycles. The van der Waals surface area contributed by atoms with Crippen molar-refractivity contribution in [2.24, 2.45) is 0 Å². The Labute approximate surface area is 162 Å². The number of hydrogen-bond acceptors (Lipinski definition) is 4. The van der Waals surface area contributed by atoms with Gasteiger partial charge in [-0.05, 0) is 36.8 Å². The number of hydrogen-bond donors (Lipinski definition) is 1. The number of halogens is 5. The first kappa shape index (κ1) is 23.9. The van der Waals surface area contributed by atoms with Crippen molar-refractivity contribution in [3.05, 3.63) is 53.6 Å². The van der Waals surface area contributed by atoms with E-state index < -0.39 is 30.1 Å². The first-order valence-electron chi connectivity index (χ1n) is 8.17. The molecule has 10 heteroatoms. The molecule has 2 rings (SSSR count). The topological polar surface area (TPSA) is 72.8 Å². The Hall–Kier alpha value is -3.17. The number of benzene rings is 2. The lowest BCUT2D eigenvalue weighted by Crippen LogP contribution is -2.08. The summed E-state index contributed by atoms with van der Waals surface area (Å²) in [6.45, 7) is -1.48. The first-order valence-corrected chi connectivity index (χ1v) is 8.17. The zero-order valence-corrected chi connectivity index (χ0v) is 15.1. The summed E-state index contributed by atoms with van der Waals surface area (Å²) in [7, 11) is 0. The summed E-state index contributed by atoms with van der Waals surface area (Å²) >= 11 is 0. The number of ether oxygens (including phenoxy) is 2. The van der Waals surface area contributed by atoms with E-state index in [9.17, 15) is 31.5 Å². The number of carboxylic acid groups (broad SMARTS) is 1. The highest BCUT2D eigenvalue weighted by atomic mass is 19.4. The maximum Gasteiger partial charge on any atom is 0.416 e. The Morgan fingerprint density at radius 3 is 2.31 bits per heavy atom. The zero-order valence-electron chi connectivity index (χ0n) is 15.1. The molecule has 0 aliphatic carbocycles. The van der Waals surface area contributed by atoms with Crippen LogP contribution >= 0.6 is 0 Å². The van der Waals surface area contributed by atoms with Gasteiger partial charge in [-0.25, -0.2) is 0 Å². The van der Waals surface area contributed by atoms with Gasteiger partial charge in [0.15, 0.2) is 11.5 Å². The fourth-order valence-electron chi connectivity index (χ4n) is 1.95. The molecule has 0 atom stereocenters. The number of aliphatic carboxylic acids is 1. The third-order valence-electron chi connectivity index (χ3n) is 3.17. The van der Waals surface area contributed by atoms with E-state index in [1.165, 1.54) is 24.3 Å². The van der Waals surface area contributed by atoms with E-state index in [4.69, 9.17) is 9.84 Å². The molecule has 0 radical (unpaired) electrons. The van der Waals surface area contributed by atoms with Crippen LogP contribution in [0.15, 0.2) is 42.5 Å². The molecule has 0 unspecified atom stereocenters. The second kappa shape index (κ2) is 11.0. The van der Waals surface area contributed by atoms with Crippen molar-refractivity contribution in [2.75, 3.05) is 0 Å². The quantitative estimate of drug-likeness (QED) is 0.454. The Balaban J connectivity index is 0.000000612. The molecule has 0 aliphatic heterocycles. The van der Waals surface area contributed by atoms with Gasteiger partial charge in [0.1, 0.15) is 12.0 Å². The smallest absolute Gasteiger partial charge is 0.416 e. The number of aldehydes is 1. The van der Waals surface area contributed by atoms with Crippen molar-refractivity contribution in [2.45, 2.75) is 32.6 Å². The molecule has 0 aliphatic rings. The zero-order chi connectivity index (χ0) is 22.0. The Morgan fingerprint density at radius 1 is 1.14 bits per heavy atom. The second-order valence-corrected chi connectivity index (χ2v) is 5.47. The molecular formula is C19H17F5O5. The number of carboxylic acids is 1. The minimum atomic E-state index is -4.71. The molecule has 2 aromatic rings. The molecule has 2 aromatic carbocycles. The third kappa shape index (κ3) is 8.58. The number of rotatable bonds is 7. The molecule has 0 amide bonds. The number of alkyl halides is 5. The number of carbonyl (C=O) groups excluding carboxylic acids is 1. The van der Waals surface area contributed by atoms with Crippen molar-refractivity contribution in [1.82, 2.24) is 0 Å². The van der Waals surface area contributed by atoms with Crippen LogP contribution in [-0.4, -0.2) is 24.0 Å². The molecular weight excluding hydrogens is 403 g/mol. The van der Waals surface area contributed by atoms with Crippen molar-refractivity contribution in [3.63, 3.8) is 0 Å². The largest absolute Gasteiger partial charge is 0.481 e. The minimum absolute atomic E-state index is 0.0912. The van der Waals surface area contributed by atoms with Gasteiger partial charge in [0.2, 0.25) is 0 Å². The predicted octanol–water partition coefficient (Wildman–Crippen LogP) is 5.78. The Kier molecular flexibility index (Phi) is 9.04. The van der Waals surface area contributed by atoms with Crippen LogP contribution in [-0.2, 0) is 11.0 Å². The van der Waals surface area contributed by atoms with Crippen molar-refractivity contribution in [1.29, 1.82) is 0 Å². The molecule has 1 N–H and O–H groups in total. The maximum absolute atomic E-state index is 12.6. The van der Waals surface area contributed by atoms with Crippen LogP contribution in [0.3, 0.4) is 0 Å². The summed E-state index contributed by atoms with van der Waals surface area (Å²) in [5.74, 6) is -1.71. The second-order valence-electron chi connectivity index (χ2n) is 5.47. The van der Waals surface area contributed by atoms with Gasteiger partial charge in [-0.1, -0.05) is 19.1 Å². The van der Waals surface area contributed by atoms with Gasteiger partial charge < -0.3 is 14.6 Å². The SMILES string of the molecule is CCCC(=O)O.O=Cc1cccc(Oc2ccc(C(F)(F)F)cc2OC(F)F)c1. The van der Waals surface area contributed by atoms with Gasteiger partial charge in [0, 0.05) is 12.0 Å². The van der Waals surface area contributed by atoms with E-state index in [1.807, 2.05) is 6.92 Å². The molecule has 5 nitrogen and oxygen atoms in total. The van der Waals surface area contributed by atoms with Crippen LogP contribution in [0.5, 0.6) is 17.2 Å². The fraction of sp³-hybridized carbons (Fsp3) is 0.263.